The third kappa shape index (κ3) is 4.33. The summed E-state index contributed by atoms with van der Waals surface area (Å²) >= 11 is 0. The van der Waals surface area contributed by atoms with Crippen LogP contribution < -0.4 is 5.32 Å². The SMILES string of the molecule is Cc1noc(C)c1S(=O)(=O)N1CCC(C(=O)N[C@@H](C)c2ccc(-n3ccnc3)cc2)CC1. The number of carbonyl (C=O) groups is 1. The summed E-state index contributed by atoms with van der Waals surface area (Å²) in [5.41, 5.74) is 2.35. The molecule has 2 aromatic heterocycles. The normalized spacial score (nSPS) is 16.7. The van der Waals surface area contributed by atoms with E-state index in [4.69, 9.17) is 4.52 Å². The van der Waals surface area contributed by atoms with Crippen molar-refractivity contribution in [1.29, 1.82) is 0 Å². The minimum absolute atomic E-state index is 0.0504. The lowest BCUT2D eigenvalue weighted by Crippen LogP contribution is -2.43. The molecule has 1 atom stereocenters. The second-order valence-corrected chi connectivity index (χ2v) is 10.00. The highest BCUT2D eigenvalue weighted by molar-refractivity contribution is 7.89. The Bertz CT molecular complexity index is 1160. The van der Waals surface area contributed by atoms with Gasteiger partial charge in [-0.2, -0.15) is 4.31 Å². The third-order valence-corrected chi connectivity index (χ3v) is 8.09. The van der Waals surface area contributed by atoms with E-state index in [9.17, 15) is 13.2 Å². The summed E-state index contributed by atoms with van der Waals surface area (Å²) in [7, 11) is -3.68. The molecule has 9 nitrogen and oxygen atoms in total. The monoisotopic (exact) mass is 457 g/mol. The Hall–Kier alpha value is -2.98. The average molecular weight is 458 g/mol. The van der Waals surface area contributed by atoms with Gasteiger partial charge in [-0.05, 0) is 51.3 Å². The number of nitrogens with zero attached hydrogens (tertiary/aromatic N) is 4. The largest absolute Gasteiger partial charge is 0.360 e. The Morgan fingerprint density at radius 1 is 1.19 bits per heavy atom. The first-order valence-corrected chi connectivity index (χ1v) is 12.0. The standard InChI is InChI=1S/C22H27N5O4S/c1-15(18-4-6-20(7-5-18)26-13-10-23-14-26)24-22(28)19-8-11-27(12-9-19)32(29,30)21-16(2)25-31-17(21)3/h4-7,10,13-15,19H,8-9,11-12H2,1-3H3,(H,24,28)/t15-/m0/s1. The Morgan fingerprint density at radius 3 is 2.44 bits per heavy atom. The molecule has 3 heterocycles. The van der Waals surface area contributed by atoms with Gasteiger partial charge in [0.2, 0.25) is 15.9 Å². The average Bonchev–Trinajstić information content (AvgIpc) is 3.44. The lowest BCUT2D eigenvalue weighted by Gasteiger charge is -2.31. The van der Waals surface area contributed by atoms with E-state index in [-0.39, 0.29) is 28.5 Å². The van der Waals surface area contributed by atoms with Crippen LogP contribution in [-0.2, 0) is 14.8 Å². The van der Waals surface area contributed by atoms with Crippen molar-refractivity contribution in [3.63, 3.8) is 0 Å². The van der Waals surface area contributed by atoms with Crippen molar-refractivity contribution in [2.75, 3.05) is 13.1 Å². The minimum atomic E-state index is -3.68. The predicted molar refractivity (Wildman–Crippen MR) is 118 cm³/mol. The maximum absolute atomic E-state index is 13.0. The van der Waals surface area contributed by atoms with E-state index in [0.717, 1.165) is 11.3 Å². The Labute approximate surface area is 187 Å². The first kappa shape index (κ1) is 22.2. The van der Waals surface area contributed by atoms with Gasteiger partial charge in [0.15, 0.2) is 5.76 Å². The molecule has 1 aliphatic heterocycles. The molecule has 0 spiro atoms. The van der Waals surface area contributed by atoms with E-state index in [0.29, 0.717) is 31.6 Å². The maximum Gasteiger partial charge on any atom is 0.248 e. The molecule has 1 N–H and O–H groups in total. The zero-order valence-corrected chi connectivity index (χ0v) is 19.2. The molecule has 0 unspecified atom stereocenters. The fourth-order valence-corrected chi connectivity index (χ4v) is 5.85. The number of piperidine rings is 1. The smallest absolute Gasteiger partial charge is 0.248 e. The molecular formula is C22H27N5O4S. The van der Waals surface area contributed by atoms with Gasteiger partial charge in [-0.1, -0.05) is 17.3 Å². The first-order chi connectivity index (χ1) is 15.3. The second-order valence-electron chi connectivity index (χ2n) is 8.12. The van der Waals surface area contributed by atoms with Gasteiger partial charge in [0.1, 0.15) is 10.6 Å². The van der Waals surface area contributed by atoms with Gasteiger partial charge in [-0.25, -0.2) is 13.4 Å². The first-order valence-electron chi connectivity index (χ1n) is 10.6. The van der Waals surface area contributed by atoms with Crippen molar-refractivity contribution < 1.29 is 17.7 Å². The van der Waals surface area contributed by atoms with Crippen molar-refractivity contribution in [3.8, 4) is 5.69 Å². The van der Waals surface area contributed by atoms with Crippen LogP contribution in [0.1, 0.15) is 42.8 Å². The van der Waals surface area contributed by atoms with E-state index in [1.807, 2.05) is 42.0 Å². The number of imidazole rings is 1. The van der Waals surface area contributed by atoms with E-state index < -0.39 is 10.0 Å². The van der Waals surface area contributed by atoms with Gasteiger partial charge in [-0.3, -0.25) is 4.79 Å². The Balaban J connectivity index is 1.34. The second kappa shape index (κ2) is 8.87. The van der Waals surface area contributed by atoms with E-state index in [1.165, 1.54) is 4.31 Å². The summed E-state index contributed by atoms with van der Waals surface area (Å²) < 4.78 is 34.3. The van der Waals surface area contributed by atoms with Gasteiger partial charge in [0.05, 0.1) is 12.4 Å². The van der Waals surface area contributed by atoms with Crippen LogP contribution in [0.4, 0.5) is 0 Å². The Kier molecular flexibility index (Phi) is 6.16. The van der Waals surface area contributed by atoms with Crippen LogP contribution in [0.15, 0.2) is 52.4 Å². The van der Waals surface area contributed by atoms with Crippen LogP contribution in [0.2, 0.25) is 0 Å². The molecule has 3 aromatic rings. The molecule has 0 bridgehead atoms. The summed E-state index contributed by atoms with van der Waals surface area (Å²) in [6.07, 6.45) is 6.28. The molecule has 1 aromatic carbocycles. The van der Waals surface area contributed by atoms with Gasteiger partial charge >= 0.3 is 0 Å². The molecule has 4 rings (SSSR count). The van der Waals surface area contributed by atoms with E-state index >= 15 is 0 Å². The highest BCUT2D eigenvalue weighted by Gasteiger charge is 2.35. The number of aromatic nitrogens is 3. The lowest BCUT2D eigenvalue weighted by molar-refractivity contribution is -0.126. The number of benzene rings is 1. The van der Waals surface area contributed by atoms with Gasteiger partial charge in [0.25, 0.3) is 0 Å². The Morgan fingerprint density at radius 2 is 1.88 bits per heavy atom. The summed E-state index contributed by atoms with van der Waals surface area (Å²) in [6.45, 7) is 5.74. The molecule has 0 saturated carbocycles. The summed E-state index contributed by atoms with van der Waals surface area (Å²) in [4.78, 5) is 17.0. The molecule has 1 aliphatic rings. The van der Waals surface area contributed by atoms with Gasteiger partial charge in [-0.15, -0.1) is 0 Å². The molecule has 10 heteroatoms. The number of nitrogens with one attached hydrogen (secondary N) is 1. The molecule has 1 amide bonds. The lowest BCUT2D eigenvalue weighted by atomic mass is 9.96. The molecular weight excluding hydrogens is 430 g/mol. The highest BCUT2D eigenvalue weighted by atomic mass is 32.2. The zero-order chi connectivity index (χ0) is 22.9. The van der Waals surface area contributed by atoms with Crippen molar-refractivity contribution in [1.82, 2.24) is 24.3 Å². The number of amides is 1. The minimum Gasteiger partial charge on any atom is -0.360 e. The van der Waals surface area contributed by atoms with Crippen LogP contribution >= 0.6 is 0 Å². The van der Waals surface area contributed by atoms with Crippen LogP contribution in [0.5, 0.6) is 0 Å². The van der Waals surface area contributed by atoms with Crippen LogP contribution in [0, 0.1) is 19.8 Å². The molecule has 1 saturated heterocycles. The van der Waals surface area contributed by atoms with E-state index in [2.05, 4.69) is 15.5 Å². The molecule has 0 radical (unpaired) electrons. The maximum atomic E-state index is 13.0. The fourth-order valence-electron chi connectivity index (χ4n) is 4.09. The third-order valence-electron chi connectivity index (χ3n) is 5.94. The van der Waals surface area contributed by atoms with Crippen LogP contribution in [0.25, 0.3) is 5.69 Å². The topological polar surface area (TPSA) is 110 Å². The highest BCUT2D eigenvalue weighted by Crippen LogP contribution is 2.28. The summed E-state index contributed by atoms with van der Waals surface area (Å²) in [5.74, 6) is 0.0135. The van der Waals surface area contributed by atoms with Gasteiger partial charge < -0.3 is 14.4 Å². The fraction of sp³-hybridized carbons (Fsp3) is 0.409. The molecule has 170 valence electrons. The predicted octanol–water partition coefficient (Wildman–Crippen LogP) is 2.76. The number of hydrogen-bond acceptors (Lipinski definition) is 6. The number of aryl methyl sites for hydroxylation is 2. The number of sulfonamides is 1. The molecule has 32 heavy (non-hydrogen) atoms. The quantitative estimate of drug-likeness (QED) is 0.609. The van der Waals surface area contributed by atoms with Crippen molar-refractivity contribution in [3.05, 3.63) is 60.0 Å². The summed E-state index contributed by atoms with van der Waals surface area (Å²) in [5, 5.41) is 6.82. The number of carbonyl (C=O) groups excluding carboxylic acids is 1. The zero-order valence-electron chi connectivity index (χ0n) is 18.4. The van der Waals surface area contributed by atoms with Crippen molar-refractivity contribution >= 4 is 15.9 Å². The number of hydrogen-bond donors (Lipinski definition) is 1. The van der Waals surface area contributed by atoms with E-state index in [1.54, 1.807) is 26.4 Å². The van der Waals surface area contributed by atoms with Crippen molar-refractivity contribution in [2.24, 2.45) is 5.92 Å². The molecule has 1 fully saturated rings. The van der Waals surface area contributed by atoms with Crippen molar-refractivity contribution in [2.45, 2.75) is 44.6 Å². The molecule has 0 aliphatic carbocycles. The summed E-state index contributed by atoms with van der Waals surface area (Å²) in [6, 6.07) is 7.79. The van der Waals surface area contributed by atoms with Gasteiger partial charge in [0, 0.05) is 37.1 Å². The number of rotatable bonds is 6. The van der Waals surface area contributed by atoms with Crippen LogP contribution in [0.3, 0.4) is 0 Å². The van der Waals surface area contributed by atoms with Crippen LogP contribution in [-0.4, -0.2) is 46.4 Å².